The molecule has 0 aliphatic carbocycles. The topological polar surface area (TPSA) is 72.9 Å². The van der Waals surface area contributed by atoms with E-state index in [-0.39, 0.29) is 5.65 Å². The number of aromatic nitrogens is 6. The Balaban J connectivity index is 1.87. The minimum Gasteiger partial charge on any atom is -0.364 e. The number of hydrogen-bond acceptors (Lipinski definition) is 5. The van der Waals surface area contributed by atoms with Crippen LogP contribution in [-0.2, 0) is 19.8 Å². The third kappa shape index (κ3) is 2.47. The minimum absolute atomic E-state index is 0.0374. The SMILES string of the molecule is Cc1c(CNc2ccc3nnc(C(F)(F)F)n3n2)cnn1C. The number of nitrogens with zero attached hydrogens (tertiary/aromatic N) is 6. The summed E-state index contributed by atoms with van der Waals surface area (Å²) in [6.07, 6.45) is -2.91. The van der Waals surface area contributed by atoms with Gasteiger partial charge in [0.15, 0.2) is 5.65 Å². The van der Waals surface area contributed by atoms with Crippen molar-refractivity contribution in [2.75, 3.05) is 5.32 Å². The zero-order valence-corrected chi connectivity index (χ0v) is 11.8. The highest BCUT2D eigenvalue weighted by atomic mass is 19.4. The first-order valence-corrected chi connectivity index (χ1v) is 6.37. The Morgan fingerprint density at radius 1 is 1.23 bits per heavy atom. The Morgan fingerprint density at radius 2 is 2.00 bits per heavy atom. The monoisotopic (exact) mass is 311 g/mol. The van der Waals surface area contributed by atoms with E-state index in [1.54, 1.807) is 16.9 Å². The Hall–Kier alpha value is -2.65. The number of aryl methyl sites for hydroxylation is 1. The number of alkyl halides is 3. The average molecular weight is 311 g/mol. The van der Waals surface area contributed by atoms with Gasteiger partial charge in [-0.2, -0.15) is 22.8 Å². The number of fused-ring (bicyclic) bond motifs is 1. The fourth-order valence-electron chi connectivity index (χ4n) is 1.96. The van der Waals surface area contributed by atoms with E-state index in [2.05, 4.69) is 25.7 Å². The van der Waals surface area contributed by atoms with E-state index in [1.807, 2.05) is 14.0 Å². The fourth-order valence-corrected chi connectivity index (χ4v) is 1.96. The summed E-state index contributed by atoms with van der Waals surface area (Å²) in [6.45, 7) is 2.31. The number of hydrogen-bond donors (Lipinski definition) is 1. The molecule has 0 spiro atoms. The van der Waals surface area contributed by atoms with Gasteiger partial charge in [-0.25, -0.2) is 0 Å². The molecule has 3 aromatic rings. The molecular formula is C12H12F3N7. The number of halogens is 3. The van der Waals surface area contributed by atoms with E-state index in [0.717, 1.165) is 11.3 Å². The van der Waals surface area contributed by atoms with Crippen LogP contribution in [0.5, 0.6) is 0 Å². The molecule has 0 saturated heterocycles. The third-order valence-electron chi connectivity index (χ3n) is 3.31. The van der Waals surface area contributed by atoms with Gasteiger partial charge < -0.3 is 5.32 Å². The molecule has 3 heterocycles. The van der Waals surface area contributed by atoms with Crippen molar-refractivity contribution in [2.24, 2.45) is 7.05 Å². The highest BCUT2D eigenvalue weighted by molar-refractivity contribution is 5.44. The maximum absolute atomic E-state index is 12.8. The van der Waals surface area contributed by atoms with Crippen LogP contribution in [0.15, 0.2) is 18.3 Å². The molecule has 116 valence electrons. The van der Waals surface area contributed by atoms with Gasteiger partial charge in [-0.15, -0.1) is 15.3 Å². The molecule has 0 saturated carbocycles. The number of nitrogens with one attached hydrogen (secondary N) is 1. The smallest absolute Gasteiger partial charge is 0.364 e. The van der Waals surface area contributed by atoms with Crippen LogP contribution in [0.1, 0.15) is 17.1 Å². The van der Waals surface area contributed by atoms with E-state index in [0.29, 0.717) is 16.9 Å². The second-order valence-electron chi connectivity index (χ2n) is 4.74. The van der Waals surface area contributed by atoms with Gasteiger partial charge in [0.25, 0.3) is 5.82 Å². The lowest BCUT2D eigenvalue weighted by molar-refractivity contribution is -0.146. The summed E-state index contributed by atoms with van der Waals surface area (Å²) in [7, 11) is 1.82. The van der Waals surface area contributed by atoms with Crippen LogP contribution in [0.2, 0.25) is 0 Å². The molecular weight excluding hydrogens is 299 g/mol. The summed E-state index contributed by atoms with van der Waals surface area (Å²) < 4.78 is 40.8. The van der Waals surface area contributed by atoms with Gasteiger partial charge in [0.2, 0.25) is 0 Å². The van der Waals surface area contributed by atoms with E-state index in [9.17, 15) is 13.2 Å². The summed E-state index contributed by atoms with van der Waals surface area (Å²) in [5.74, 6) is -0.857. The molecule has 0 amide bonds. The third-order valence-corrected chi connectivity index (χ3v) is 3.31. The van der Waals surface area contributed by atoms with E-state index < -0.39 is 12.0 Å². The maximum Gasteiger partial charge on any atom is 0.453 e. The van der Waals surface area contributed by atoms with Crippen LogP contribution in [0, 0.1) is 6.92 Å². The summed E-state index contributed by atoms with van der Waals surface area (Å²) in [4.78, 5) is 0. The molecule has 0 aliphatic heterocycles. The Bertz CT molecular complexity index is 818. The molecule has 3 rings (SSSR count). The highest BCUT2D eigenvalue weighted by Gasteiger charge is 2.37. The Labute approximate surface area is 122 Å². The van der Waals surface area contributed by atoms with Crippen LogP contribution in [-0.4, -0.2) is 29.6 Å². The normalized spacial score (nSPS) is 12.0. The van der Waals surface area contributed by atoms with Gasteiger partial charge >= 0.3 is 6.18 Å². The molecule has 0 atom stereocenters. The molecule has 0 fully saturated rings. The quantitative estimate of drug-likeness (QED) is 0.798. The van der Waals surface area contributed by atoms with Crippen molar-refractivity contribution in [1.82, 2.24) is 29.6 Å². The molecule has 10 heteroatoms. The average Bonchev–Trinajstić information content (AvgIpc) is 3.01. The zero-order valence-electron chi connectivity index (χ0n) is 11.8. The lowest BCUT2D eigenvalue weighted by Crippen LogP contribution is -2.13. The summed E-state index contributed by atoms with van der Waals surface area (Å²) >= 11 is 0. The first-order chi connectivity index (χ1) is 10.4. The first-order valence-electron chi connectivity index (χ1n) is 6.37. The minimum atomic E-state index is -4.61. The second-order valence-corrected chi connectivity index (χ2v) is 4.74. The van der Waals surface area contributed by atoms with Crippen LogP contribution < -0.4 is 5.32 Å². The van der Waals surface area contributed by atoms with Gasteiger partial charge in [0.1, 0.15) is 5.82 Å². The largest absolute Gasteiger partial charge is 0.453 e. The zero-order chi connectivity index (χ0) is 15.9. The predicted molar refractivity (Wildman–Crippen MR) is 71.1 cm³/mol. The van der Waals surface area contributed by atoms with Crippen LogP contribution in [0.25, 0.3) is 5.65 Å². The van der Waals surface area contributed by atoms with Gasteiger partial charge in [-0.05, 0) is 19.1 Å². The summed E-state index contributed by atoms with van der Waals surface area (Å²) in [6, 6.07) is 2.98. The number of rotatable bonds is 3. The van der Waals surface area contributed by atoms with Crippen molar-refractivity contribution in [2.45, 2.75) is 19.6 Å². The van der Waals surface area contributed by atoms with Crippen LogP contribution in [0.4, 0.5) is 19.0 Å². The van der Waals surface area contributed by atoms with Crippen LogP contribution >= 0.6 is 0 Å². The van der Waals surface area contributed by atoms with Crippen molar-refractivity contribution < 1.29 is 13.2 Å². The lowest BCUT2D eigenvalue weighted by Gasteiger charge is -2.07. The molecule has 7 nitrogen and oxygen atoms in total. The first kappa shape index (κ1) is 14.3. The molecule has 3 aromatic heterocycles. The second kappa shape index (κ2) is 4.97. The molecule has 0 unspecified atom stereocenters. The molecule has 0 aromatic carbocycles. The van der Waals surface area contributed by atoms with Crippen molar-refractivity contribution in [3.8, 4) is 0 Å². The van der Waals surface area contributed by atoms with E-state index >= 15 is 0 Å². The molecule has 0 aliphatic rings. The molecule has 0 radical (unpaired) electrons. The Kier molecular flexibility index (Phi) is 3.23. The molecule has 1 N–H and O–H groups in total. The van der Waals surface area contributed by atoms with Crippen molar-refractivity contribution in [3.05, 3.63) is 35.4 Å². The van der Waals surface area contributed by atoms with Gasteiger partial charge in [0, 0.05) is 24.8 Å². The van der Waals surface area contributed by atoms with Gasteiger partial charge in [-0.1, -0.05) is 0 Å². The van der Waals surface area contributed by atoms with Crippen LogP contribution in [0.3, 0.4) is 0 Å². The number of anilines is 1. The standard InChI is InChI=1S/C12H12F3N7/c1-7-8(6-17-21(7)2)5-16-9-3-4-10-18-19-11(12(13,14)15)22(10)20-9/h3-4,6H,5H2,1-2H3,(H,16,20). The fraction of sp³-hybridized carbons (Fsp3) is 0.333. The van der Waals surface area contributed by atoms with E-state index in [4.69, 9.17) is 0 Å². The molecule has 0 bridgehead atoms. The predicted octanol–water partition coefficient (Wildman–Crippen LogP) is 1.80. The van der Waals surface area contributed by atoms with Crippen molar-refractivity contribution >= 4 is 11.5 Å². The summed E-state index contributed by atoms with van der Waals surface area (Å²) in [5.41, 5.74) is 1.94. The van der Waals surface area contributed by atoms with Gasteiger partial charge in [0.05, 0.1) is 6.20 Å². The highest BCUT2D eigenvalue weighted by Crippen LogP contribution is 2.27. The maximum atomic E-state index is 12.8. The Morgan fingerprint density at radius 3 is 2.64 bits per heavy atom. The van der Waals surface area contributed by atoms with Gasteiger partial charge in [-0.3, -0.25) is 4.68 Å². The van der Waals surface area contributed by atoms with E-state index in [1.165, 1.54) is 6.07 Å². The molecule has 22 heavy (non-hydrogen) atoms. The lowest BCUT2D eigenvalue weighted by atomic mass is 10.2. The van der Waals surface area contributed by atoms with Crippen molar-refractivity contribution in [1.29, 1.82) is 0 Å². The summed E-state index contributed by atoms with van der Waals surface area (Å²) in [5, 5.41) is 17.5. The van der Waals surface area contributed by atoms with Crippen molar-refractivity contribution in [3.63, 3.8) is 0 Å².